The number of benzene rings is 1. The quantitative estimate of drug-likeness (QED) is 0.843. The van der Waals surface area contributed by atoms with Crippen LogP contribution in [-0.4, -0.2) is 30.0 Å². The Morgan fingerprint density at radius 3 is 2.60 bits per heavy atom. The molecular formula is C16H22ClNO2. The van der Waals surface area contributed by atoms with E-state index >= 15 is 0 Å². The molecule has 1 aromatic rings. The molecule has 0 spiro atoms. The van der Waals surface area contributed by atoms with Crippen LogP contribution in [0.4, 0.5) is 0 Å². The topological polar surface area (TPSA) is 29.5 Å². The largest absolute Gasteiger partial charge is 0.479 e. The number of likely N-dealkylation sites (N-methyl/N-ethyl adjacent to an activating group) is 1. The summed E-state index contributed by atoms with van der Waals surface area (Å²) in [5, 5.41) is 0.535. The number of ether oxygens (including phenoxy) is 1. The minimum absolute atomic E-state index is 0.0248. The van der Waals surface area contributed by atoms with E-state index in [2.05, 4.69) is 0 Å². The van der Waals surface area contributed by atoms with Gasteiger partial charge in [-0.15, -0.1) is 0 Å². The fourth-order valence-electron chi connectivity index (χ4n) is 2.72. The second-order valence-electron chi connectivity index (χ2n) is 5.43. The van der Waals surface area contributed by atoms with Gasteiger partial charge in [-0.1, -0.05) is 43.0 Å². The van der Waals surface area contributed by atoms with Gasteiger partial charge in [-0.3, -0.25) is 4.79 Å². The van der Waals surface area contributed by atoms with E-state index in [-0.39, 0.29) is 5.91 Å². The molecule has 1 fully saturated rings. The summed E-state index contributed by atoms with van der Waals surface area (Å²) in [6, 6.07) is 7.60. The first-order valence-corrected chi connectivity index (χ1v) is 7.65. The van der Waals surface area contributed by atoms with Crippen LogP contribution in [0.1, 0.15) is 39.0 Å². The molecule has 20 heavy (non-hydrogen) atoms. The van der Waals surface area contributed by atoms with E-state index in [0.29, 0.717) is 16.8 Å². The van der Waals surface area contributed by atoms with Gasteiger partial charge in [0.25, 0.3) is 5.91 Å². The van der Waals surface area contributed by atoms with Crippen LogP contribution in [0, 0.1) is 0 Å². The molecule has 1 aliphatic carbocycles. The zero-order valence-electron chi connectivity index (χ0n) is 12.1. The van der Waals surface area contributed by atoms with Gasteiger partial charge in [-0.2, -0.15) is 0 Å². The van der Waals surface area contributed by atoms with Gasteiger partial charge in [-0.05, 0) is 31.9 Å². The highest BCUT2D eigenvalue weighted by Gasteiger charge is 2.26. The molecular weight excluding hydrogens is 274 g/mol. The lowest BCUT2D eigenvalue weighted by Gasteiger charge is -2.33. The zero-order chi connectivity index (χ0) is 14.5. The number of hydrogen-bond donors (Lipinski definition) is 0. The SMILES string of the molecule is C[C@H](Oc1ccccc1Cl)C(=O)N(C)C1CCCCC1. The van der Waals surface area contributed by atoms with Crippen molar-refractivity contribution in [3.8, 4) is 5.75 Å². The molecule has 1 saturated carbocycles. The van der Waals surface area contributed by atoms with Crippen LogP contribution in [0.5, 0.6) is 5.75 Å². The second kappa shape index (κ2) is 6.98. The smallest absolute Gasteiger partial charge is 0.263 e. The molecule has 1 atom stereocenters. The Labute approximate surface area is 125 Å². The Bertz CT molecular complexity index is 458. The van der Waals surface area contributed by atoms with Gasteiger partial charge in [0.1, 0.15) is 5.75 Å². The highest BCUT2D eigenvalue weighted by molar-refractivity contribution is 6.32. The first-order valence-electron chi connectivity index (χ1n) is 7.27. The van der Waals surface area contributed by atoms with Gasteiger partial charge in [-0.25, -0.2) is 0 Å². The first-order chi connectivity index (χ1) is 9.59. The average molecular weight is 296 g/mol. The summed E-state index contributed by atoms with van der Waals surface area (Å²) in [6.07, 6.45) is 5.39. The Morgan fingerprint density at radius 2 is 1.95 bits per heavy atom. The monoisotopic (exact) mass is 295 g/mol. The molecule has 0 aromatic heterocycles. The maximum absolute atomic E-state index is 12.4. The minimum atomic E-state index is -0.512. The van der Waals surface area contributed by atoms with Crippen LogP contribution in [0.15, 0.2) is 24.3 Å². The van der Waals surface area contributed by atoms with Crippen LogP contribution >= 0.6 is 11.6 Å². The van der Waals surface area contributed by atoms with Crippen molar-refractivity contribution in [2.45, 2.75) is 51.2 Å². The molecule has 3 nitrogen and oxygen atoms in total. The lowest BCUT2D eigenvalue weighted by molar-refractivity contribution is -0.139. The van der Waals surface area contributed by atoms with E-state index in [1.54, 1.807) is 19.1 Å². The van der Waals surface area contributed by atoms with Crippen molar-refractivity contribution >= 4 is 17.5 Å². The Balaban J connectivity index is 1.96. The van der Waals surface area contributed by atoms with Gasteiger partial charge < -0.3 is 9.64 Å². The predicted molar refractivity (Wildman–Crippen MR) is 81.2 cm³/mol. The van der Waals surface area contributed by atoms with E-state index in [1.165, 1.54) is 19.3 Å². The first kappa shape index (κ1) is 15.2. The van der Waals surface area contributed by atoms with Gasteiger partial charge in [0, 0.05) is 13.1 Å². The number of hydrogen-bond acceptors (Lipinski definition) is 2. The Hall–Kier alpha value is -1.22. The highest BCUT2D eigenvalue weighted by Crippen LogP contribution is 2.26. The predicted octanol–water partition coefficient (Wildman–Crippen LogP) is 3.90. The summed E-state index contributed by atoms with van der Waals surface area (Å²) in [5.74, 6) is 0.587. The molecule has 0 heterocycles. The number of nitrogens with zero attached hydrogens (tertiary/aromatic N) is 1. The molecule has 2 rings (SSSR count). The summed E-state index contributed by atoms with van der Waals surface area (Å²) < 4.78 is 5.70. The molecule has 4 heteroatoms. The molecule has 0 saturated heterocycles. The lowest BCUT2D eigenvalue weighted by atomic mass is 9.94. The fourth-order valence-corrected chi connectivity index (χ4v) is 2.90. The van der Waals surface area contributed by atoms with Crippen LogP contribution in [-0.2, 0) is 4.79 Å². The van der Waals surface area contributed by atoms with Gasteiger partial charge >= 0.3 is 0 Å². The molecule has 1 aromatic carbocycles. The molecule has 1 amide bonds. The highest BCUT2D eigenvalue weighted by atomic mass is 35.5. The van der Waals surface area contributed by atoms with E-state index in [9.17, 15) is 4.79 Å². The number of amides is 1. The standard InChI is InChI=1S/C16H22ClNO2/c1-12(20-15-11-7-6-10-14(15)17)16(19)18(2)13-8-4-3-5-9-13/h6-7,10-13H,3-5,8-9H2,1-2H3/t12-/m0/s1. The normalized spacial score (nSPS) is 17.6. The van der Waals surface area contributed by atoms with E-state index in [0.717, 1.165) is 12.8 Å². The lowest BCUT2D eigenvalue weighted by Crippen LogP contribution is -2.44. The molecule has 110 valence electrons. The summed E-state index contributed by atoms with van der Waals surface area (Å²) >= 11 is 6.05. The zero-order valence-corrected chi connectivity index (χ0v) is 12.9. The molecule has 0 aliphatic heterocycles. The fraction of sp³-hybridized carbons (Fsp3) is 0.562. The van der Waals surface area contributed by atoms with Crippen LogP contribution in [0.3, 0.4) is 0 Å². The van der Waals surface area contributed by atoms with Crippen LogP contribution in [0.2, 0.25) is 5.02 Å². The molecule has 0 unspecified atom stereocenters. The van der Waals surface area contributed by atoms with Crippen molar-refractivity contribution in [1.29, 1.82) is 0 Å². The van der Waals surface area contributed by atoms with Gasteiger partial charge in [0.15, 0.2) is 6.10 Å². The van der Waals surface area contributed by atoms with Crippen molar-refractivity contribution in [3.05, 3.63) is 29.3 Å². The van der Waals surface area contributed by atoms with Crippen LogP contribution < -0.4 is 4.74 Å². The van der Waals surface area contributed by atoms with Crippen LogP contribution in [0.25, 0.3) is 0 Å². The molecule has 1 aliphatic rings. The summed E-state index contributed by atoms with van der Waals surface area (Å²) in [7, 11) is 1.88. The number of para-hydroxylation sites is 1. The van der Waals surface area contributed by atoms with Gasteiger partial charge in [0.2, 0.25) is 0 Å². The third-order valence-corrected chi connectivity index (χ3v) is 4.27. The summed E-state index contributed by atoms with van der Waals surface area (Å²) in [4.78, 5) is 14.3. The number of rotatable bonds is 4. The van der Waals surface area contributed by atoms with Crippen molar-refractivity contribution in [3.63, 3.8) is 0 Å². The molecule has 0 radical (unpaired) electrons. The molecule has 0 N–H and O–H groups in total. The average Bonchev–Trinajstić information content (AvgIpc) is 2.49. The van der Waals surface area contributed by atoms with Crippen molar-refractivity contribution in [2.75, 3.05) is 7.05 Å². The van der Waals surface area contributed by atoms with Crippen molar-refractivity contribution in [1.82, 2.24) is 4.90 Å². The van der Waals surface area contributed by atoms with Crippen molar-refractivity contribution < 1.29 is 9.53 Å². The van der Waals surface area contributed by atoms with E-state index < -0.39 is 6.10 Å². The maximum atomic E-state index is 12.4. The maximum Gasteiger partial charge on any atom is 0.263 e. The van der Waals surface area contributed by atoms with Crippen molar-refractivity contribution in [2.24, 2.45) is 0 Å². The second-order valence-corrected chi connectivity index (χ2v) is 5.84. The minimum Gasteiger partial charge on any atom is -0.479 e. The van der Waals surface area contributed by atoms with Gasteiger partial charge in [0.05, 0.1) is 5.02 Å². The number of halogens is 1. The van der Waals surface area contributed by atoms with E-state index in [1.807, 2.05) is 24.1 Å². The number of carbonyl (C=O) groups excluding carboxylic acids is 1. The molecule has 0 bridgehead atoms. The summed E-state index contributed by atoms with van der Waals surface area (Å²) in [5.41, 5.74) is 0. The third kappa shape index (κ3) is 3.66. The summed E-state index contributed by atoms with van der Waals surface area (Å²) in [6.45, 7) is 1.78. The van der Waals surface area contributed by atoms with E-state index in [4.69, 9.17) is 16.3 Å². The Morgan fingerprint density at radius 1 is 1.30 bits per heavy atom. The number of carbonyl (C=O) groups is 1. The Kier molecular flexibility index (Phi) is 5.30. The third-order valence-electron chi connectivity index (χ3n) is 3.96.